The van der Waals surface area contributed by atoms with Gasteiger partial charge in [0.2, 0.25) is 0 Å². The molecule has 7 heteroatoms. The maximum Gasteiger partial charge on any atom is 0.330 e. The van der Waals surface area contributed by atoms with E-state index in [2.05, 4.69) is 48.9 Å². The molecule has 0 atom stereocenters. The number of unbranched alkanes of at least 4 members (excludes halogenated alkanes) is 1. The first-order chi connectivity index (χ1) is 14.0. The normalized spacial score (nSPS) is 11.6. The Kier molecular flexibility index (Phi) is 6.69. The van der Waals surface area contributed by atoms with Crippen LogP contribution in [0.4, 0.5) is 0 Å². The minimum Gasteiger partial charge on any atom is -0.321 e. The Labute approximate surface area is 171 Å². The van der Waals surface area contributed by atoms with Gasteiger partial charge in [0.05, 0.1) is 6.54 Å². The molecular formula is C22H31N5O2. The quantitative estimate of drug-likeness (QED) is 0.602. The van der Waals surface area contributed by atoms with Crippen molar-refractivity contribution < 1.29 is 0 Å². The van der Waals surface area contributed by atoms with Crippen molar-refractivity contribution in [3.63, 3.8) is 0 Å². The summed E-state index contributed by atoms with van der Waals surface area (Å²) in [5.74, 6) is 0.819. The van der Waals surface area contributed by atoms with Crippen LogP contribution in [0.3, 0.4) is 0 Å². The fraction of sp³-hybridized carbons (Fsp3) is 0.500. The zero-order valence-corrected chi connectivity index (χ0v) is 17.9. The van der Waals surface area contributed by atoms with E-state index in [1.54, 1.807) is 4.57 Å². The minimum atomic E-state index is -0.379. The lowest BCUT2D eigenvalue weighted by Crippen LogP contribution is -2.31. The number of hydrogen-bond donors (Lipinski definition) is 1. The van der Waals surface area contributed by atoms with Crippen LogP contribution in [0.1, 0.15) is 50.6 Å². The average molecular weight is 398 g/mol. The van der Waals surface area contributed by atoms with Gasteiger partial charge in [-0.25, -0.2) is 9.78 Å². The van der Waals surface area contributed by atoms with Crippen LogP contribution in [0.15, 0.2) is 33.9 Å². The second-order valence-electron chi connectivity index (χ2n) is 7.44. The highest BCUT2D eigenvalue weighted by atomic mass is 16.2. The number of benzene rings is 1. The molecule has 2 aromatic heterocycles. The molecule has 156 valence electrons. The van der Waals surface area contributed by atoms with Crippen LogP contribution in [0.5, 0.6) is 0 Å². The van der Waals surface area contributed by atoms with Gasteiger partial charge in [-0.1, -0.05) is 44.5 Å². The molecule has 0 fully saturated rings. The monoisotopic (exact) mass is 397 g/mol. The summed E-state index contributed by atoms with van der Waals surface area (Å²) in [7, 11) is 0. The largest absolute Gasteiger partial charge is 0.330 e. The molecule has 0 aliphatic carbocycles. The highest BCUT2D eigenvalue weighted by Gasteiger charge is 2.19. The lowest BCUT2D eigenvalue weighted by atomic mass is 10.1. The Morgan fingerprint density at radius 3 is 2.48 bits per heavy atom. The number of H-pyrrole nitrogens is 1. The molecule has 0 unspecified atom stereocenters. The second-order valence-corrected chi connectivity index (χ2v) is 7.44. The van der Waals surface area contributed by atoms with E-state index in [4.69, 9.17) is 4.98 Å². The van der Waals surface area contributed by atoms with Gasteiger partial charge in [-0.15, -0.1) is 0 Å². The number of aromatic nitrogens is 4. The average Bonchev–Trinajstić information content (AvgIpc) is 3.07. The first-order valence-corrected chi connectivity index (χ1v) is 10.5. The van der Waals surface area contributed by atoms with Gasteiger partial charge in [-0.05, 0) is 37.9 Å². The molecule has 0 aliphatic heterocycles. The van der Waals surface area contributed by atoms with Gasteiger partial charge in [0.25, 0.3) is 5.56 Å². The van der Waals surface area contributed by atoms with Gasteiger partial charge in [-0.2, -0.15) is 0 Å². The summed E-state index contributed by atoms with van der Waals surface area (Å²) in [5.41, 5.74) is 2.79. The Morgan fingerprint density at radius 1 is 1.07 bits per heavy atom. The van der Waals surface area contributed by atoms with Crippen molar-refractivity contribution in [1.82, 2.24) is 24.0 Å². The topological polar surface area (TPSA) is 75.9 Å². The molecule has 3 rings (SSSR count). The summed E-state index contributed by atoms with van der Waals surface area (Å²) < 4.78 is 3.55. The predicted molar refractivity (Wildman–Crippen MR) is 116 cm³/mol. The van der Waals surface area contributed by atoms with Crippen LogP contribution < -0.4 is 11.2 Å². The van der Waals surface area contributed by atoms with Crippen molar-refractivity contribution >= 4 is 11.2 Å². The minimum absolute atomic E-state index is 0.361. The third-order valence-corrected chi connectivity index (χ3v) is 5.48. The summed E-state index contributed by atoms with van der Waals surface area (Å²) in [6, 6.07) is 8.38. The Bertz CT molecular complexity index is 1090. The molecule has 7 nitrogen and oxygen atoms in total. The van der Waals surface area contributed by atoms with Crippen LogP contribution >= 0.6 is 0 Å². The standard InChI is InChI=1S/C22H31N5O2/c1-5-8-13-27-20-19(21(28)24-22(27)29)26(7-3)18(23-20)15-25(6-2)14-17-12-10-9-11-16(17)4/h9-12H,5-8,13-15H2,1-4H3,(H,24,28,29). The highest BCUT2D eigenvalue weighted by molar-refractivity contribution is 5.71. The Morgan fingerprint density at radius 2 is 1.83 bits per heavy atom. The van der Waals surface area contributed by atoms with Crippen molar-refractivity contribution in [2.24, 2.45) is 0 Å². The summed E-state index contributed by atoms with van der Waals surface area (Å²) in [6.45, 7) is 11.8. The number of rotatable bonds is 9. The molecule has 0 saturated heterocycles. The molecule has 0 spiro atoms. The Balaban J connectivity index is 2.02. The molecule has 0 bridgehead atoms. The third kappa shape index (κ3) is 4.34. The van der Waals surface area contributed by atoms with E-state index < -0.39 is 0 Å². The molecule has 29 heavy (non-hydrogen) atoms. The highest BCUT2D eigenvalue weighted by Crippen LogP contribution is 2.16. The predicted octanol–water partition coefficient (Wildman–Crippen LogP) is 3.04. The van der Waals surface area contributed by atoms with E-state index in [-0.39, 0.29) is 11.2 Å². The maximum absolute atomic E-state index is 12.6. The number of aryl methyl sites for hydroxylation is 3. The molecule has 1 aromatic carbocycles. The lowest BCUT2D eigenvalue weighted by Gasteiger charge is -2.21. The van der Waals surface area contributed by atoms with Gasteiger partial charge in [-0.3, -0.25) is 19.2 Å². The molecule has 2 heterocycles. The summed E-state index contributed by atoms with van der Waals surface area (Å²) in [4.78, 5) is 34.5. The third-order valence-electron chi connectivity index (χ3n) is 5.48. The molecule has 0 saturated carbocycles. The zero-order valence-electron chi connectivity index (χ0n) is 17.9. The molecule has 0 amide bonds. The van der Waals surface area contributed by atoms with Gasteiger partial charge >= 0.3 is 5.69 Å². The van der Waals surface area contributed by atoms with E-state index in [0.717, 1.165) is 31.8 Å². The fourth-order valence-corrected chi connectivity index (χ4v) is 3.71. The van der Waals surface area contributed by atoms with Gasteiger partial charge in [0, 0.05) is 19.6 Å². The lowest BCUT2D eigenvalue weighted by molar-refractivity contribution is 0.260. The number of hydrogen-bond acceptors (Lipinski definition) is 4. The van der Waals surface area contributed by atoms with Gasteiger partial charge < -0.3 is 4.57 Å². The van der Waals surface area contributed by atoms with E-state index in [9.17, 15) is 9.59 Å². The summed E-state index contributed by atoms with van der Waals surface area (Å²) in [6.07, 6.45) is 1.83. The van der Waals surface area contributed by atoms with Crippen LogP contribution in [0.25, 0.3) is 11.2 Å². The first-order valence-electron chi connectivity index (χ1n) is 10.5. The van der Waals surface area contributed by atoms with Crippen molar-refractivity contribution in [2.45, 2.75) is 66.7 Å². The number of fused-ring (bicyclic) bond motifs is 1. The van der Waals surface area contributed by atoms with E-state index in [1.165, 1.54) is 11.1 Å². The van der Waals surface area contributed by atoms with Crippen molar-refractivity contribution in [2.75, 3.05) is 6.54 Å². The van der Waals surface area contributed by atoms with E-state index >= 15 is 0 Å². The number of aromatic amines is 1. The van der Waals surface area contributed by atoms with Crippen molar-refractivity contribution in [3.05, 3.63) is 62.1 Å². The van der Waals surface area contributed by atoms with Crippen LogP contribution in [-0.4, -0.2) is 30.5 Å². The smallest absolute Gasteiger partial charge is 0.321 e. The van der Waals surface area contributed by atoms with E-state index in [1.807, 2.05) is 17.6 Å². The van der Waals surface area contributed by atoms with Gasteiger partial charge in [0.15, 0.2) is 11.2 Å². The molecule has 3 aromatic rings. The van der Waals surface area contributed by atoms with Crippen molar-refractivity contribution in [3.8, 4) is 0 Å². The number of nitrogens with zero attached hydrogens (tertiary/aromatic N) is 4. The number of nitrogens with one attached hydrogen (secondary N) is 1. The zero-order chi connectivity index (χ0) is 21.0. The Hall–Kier alpha value is -2.67. The second kappa shape index (κ2) is 9.22. The van der Waals surface area contributed by atoms with Crippen LogP contribution in [0, 0.1) is 6.92 Å². The SMILES string of the molecule is CCCCn1c(=O)[nH]c(=O)c2c1nc(CN(CC)Cc1ccccc1C)n2CC. The molecular weight excluding hydrogens is 366 g/mol. The maximum atomic E-state index is 12.6. The summed E-state index contributed by atoms with van der Waals surface area (Å²) >= 11 is 0. The number of imidazole rings is 1. The fourth-order valence-electron chi connectivity index (χ4n) is 3.71. The summed E-state index contributed by atoms with van der Waals surface area (Å²) in [5, 5.41) is 0. The first kappa shape index (κ1) is 21.0. The van der Waals surface area contributed by atoms with Gasteiger partial charge in [0.1, 0.15) is 5.82 Å². The molecule has 1 N–H and O–H groups in total. The van der Waals surface area contributed by atoms with Crippen LogP contribution in [0.2, 0.25) is 0 Å². The van der Waals surface area contributed by atoms with E-state index in [0.29, 0.717) is 30.8 Å². The molecule has 0 aliphatic rings. The van der Waals surface area contributed by atoms with Crippen molar-refractivity contribution in [1.29, 1.82) is 0 Å². The molecule has 0 radical (unpaired) electrons. The van der Waals surface area contributed by atoms with Crippen LogP contribution in [-0.2, 0) is 26.2 Å².